The molecule has 0 amide bonds. The summed E-state index contributed by atoms with van der Waals surface area (Å²) in [5.41, 5.74) is 0.531. The molecule has 2 aromatic carbocycles. The zero-order chi connectivity index (χ0) is 13.1. The van der Waals surface area contributed by atoms with Crippen LogP contribution in [0.1, 0.15) is 5.56 Å². The largest absolute Gasteiger partial charge is 0.378 e. The van der Waals surface area contributed by atoms with Gasteiger partial charge in [-0.2, -0.15) is 0 Å². The van der Waals surface area contributed by atoms with Crippen molar-refractivity contribution in [1.82, 2.24) is 0 Å². The van der Waals surface area contributed by atoms with Gasteiger partial charge in [0, 0.05) is 22.6 Å². The lowest BCUT2D eigenvalue weighted by Gasteiger charge is -2.09. The minimum absolute atomic E-state index is 0.119. The standard InChI is InChI=1S/C13H9BrF3N/c14-9-1-3-11(16)8(5-9)7-18-13-4-2-10(15)6-12(13)17/h1-6,18H,7H2. The molecule has 2 rings (SSSR count). The molecule has 0 aliphatic heterocycles. The predicted octanol–water partition coefficient (Wildman–Crippen LogP) is 4.48. The molecule has 94 valence electrons. The number of halogens is 4. The van der Waals surface area contributed by atoms with Gasteiger partial charge in [-0.05, 0) is 30.3 Å². The molecule has 0 aliphatic rings. The Morgan fingerprint density at radius 2 is 1.72 bits per heavy atom. The molecule has 0 saturated carbocycles. The van der Waals surface area contributed by atoms with E-state index < -0.39 is 11.6 Å². The van der Waals surface area contributed by atoms with Crippen molar-refractivity contribution in [2.45, 2.75) is 6.54 Å². The summed E-state index contributed by atoms with van der Waals surface area (Å²) >= 11 is 3.23. The first-order valence-electron chi connectivity index (χ1n) is 5.19. The fraction of sp³-hybridized carbons (Fsp3) is 0.0769. The number of rotatable bonds is 3. The van der Waals surface area contributed by atoms with Crippen molar-refractivity contribution in [3.8, 4) is 0 Å². The molecule has 1 nitrogen and oxygen atoms in total. The second-order valence-electron chi connectivity index (χ2n) is 3.71. The van der Waals surface area contributed by atoms with E-state index in [0.717, 1.165) is 16.6 Å². The summed E-state index contributed by atoms with van der Waals surface area (Å²) in [6, 6.07) is 7.70. The zero-order valence-corrected chi connectivity index (χ0v) is 10.8. The van der Waals surface area contributed by atoms with Crippen molar-refractivity contribution in [2.75, 3.05) is 5.32 Å². The molecule has 1 N–H and O–H groups in total. The van der Waals surface area contributed by atoms with Gasteiger partial charge >= 0.3 is 0 Å². The zero-order valence-electron chi connectivity index (χ0n) is 9.18. The van der Waals surface area contributed by atoms with Crippen LogP contribution in [0, 0.1) is 17.5 Å². The summed E-state index contributed by atoms with van der Waals surface area (Å²) < 4.78 is 40.2. The summed E-state index contributed by atoms with van der Waals surface area (Å²) in [7, 11) is 0. The number of anilines is 1. The lowest BCUT2D eigenvalue weighted by Crippen LogP contribution is -2.03. The average molecular weight is 316 g/mol. The Morgan fingerprint density at radius 3 is 2.44 bits per heavy atom. The summed E-state index contributed by atoms with van der Waals surface area (Å²) in [4.78, 5) is 0. The number of benzene rings is 2. The first kappa shape index (κ1) is 13.0. The third-order valence-electron chi connectivity index (χ3n) is 2.41. The fourth-order valence-corrected chi connectivity index (χ4v) is 1.91. The van der Waals surface area contributed by atoms with Crippen LogP contribution in [0.15, 0.2) is 40.9 Å². The monoisotopic (exact) mass is 315 g/mol. The van der Waals surface area contributed by atoms with Crippen LogP contribution in [-0.4, -0.2) is 0 Å². The Labute approximate surface area is 111 Å². The first-order valence-corrected chi connectivity index (χ1v) is 5.98. The highest BCUT2D eigenvalue weighted by Gasteiger charge is 2.06. The van der Waals surface area contributed by atoms with E-state index in [4.69, 9.17) is 0 Å². The summed E-state index contributed by atoms with van der Waals surface area (Å²) in [5.74, 6) is -1.73. The molecule has 0 radical (unpaired) electrons. The maximum Gasteiger partial charge on any atom is 0.149 e. The molecule has 0 unspecified atom stereocenters. The Hall–Kier alpha value is -1.49. The third kappa shape index (κ3) is 3.04. The topological polar surface area (TPSA) is 12.0 Å². The average Bonchev–Trinajstić information content (AvgIpc) is 2.32. The lowest BCUT2D eigenvalue weighted by molar-refractivity contribution is 0.584. The SMILES string of the molecule is Fc1ccc(NCc2cc(Br)ccc2F)c(F)c1. The van der Waals surface area contributed by atoms with Crippen LogP contribution in [-0.2, 0) is 6.54 Å². The van der Waals surface area contributed by atoms with Crippen molar-refractivity contribution < 1.29 is 13.2 Å². The van der Waals surface area contributed by atoms with Crippen LogP contribution >= 0.6 is 15.9 Å². The molecule has 0 spiro atoms. The van der Waals surface area contributed by atoms with Crippen molar-refractivity contribution in [3.63, 3.8) is 0 Å². The maximum atomic E-state index is 13.4. The molecule has 0 aromatic heterocycles. The minimum atomic E-state index is -0.703. The molecule has 0 saturated heterocycles. The maximum absolute atomic E-state index is 13.4. The molecular weight excluding hydrogens is 307 g/mol. The minimum Gasteiger partial charge on any atom is -0.378 e. The van der Waals surface area contributed by atoms with E-state index in [-0.39, 0.29) is 18.0 Å². The Morgan fingerprint density at radius 1 is 0.944 bits per heavy atom. The van der Waals surface area contributed by atoms with E-state index in [1.54, 1.807) is 12.1 Å². The van der Waals surface area contributed by atoms with Crippen molar-refractivity contribution in [1.29, 1.82) is 0 Å². The molecular formula is C13H9BrF3N. The quantitative estimate of drug-likeness (QED) is 0.880. The van der Waals surface area contributed by atoms with Crippen LogP contribution in [0.3, 0.4) is 0 Å². The molecule has 5 heteroatoms. The van der Waals surface area contributed by atoms with Crippen LogP contribution in [0.25, 0.3) is 0 Å². The van der Waals surface area contributed by atoms with Gasteiger partial charge in [-0.15, -0.1) is 0 Å². The van der Waals surface area contributed by atoms with Crippen LogP contribution in [0.2, 0.25) is 0 Å². The second-order valence-corrected chi connectivity index (χ2v) is 4.63. The Balaban J connectivity index is 2.13. The van der Waals surface area contributed by atoms with E-state index in [0.29, 0.717) is 5.56 Å². The highest BCUT2D eigenvalue weighted by molar-refractivity contribution is 9.10. The van der Waals surface area contributed by atoms with E-state index in [9.17, 15) is 13.2 Å². The molecule has 0 atom stereocenters. The van der Waals surface area contributed by atoms with Crippen LogP contribution in [0.4, 0.5) is 18.9 Å². The van der Waals surface area contributed by atoms with Crippen molar-refractivity contribution in [2.24, 2.45) is 0 Å². The molecule has 18 heavy (non-hydrogen) atoms. The van der Waals surface area contributed by atoms with Gasteiger partial charge in [-0.1, -0.05) is 15.9 Å². The third-order valence-corrected chi connectivity index (χ3v) is 2.90. The number of hydrogen-bond acceptors (Lipinski definition) is 1. The van der Waals surface area contributed by atoms with Crippen LogP contribution < -0.4 is 5.32 Å². The van der Waals surface area contributed by atoms with Gasteiger partial charge in [0.2, 0.25) is 0 Å². The number of nitrogens with one attached hydrogen (secondary N) is 1. The molecule has 0 aliphatic carbocycles. The normalized spacial score (nSPS) is 10.4. The molecule has 0 heterocycles. The Bertz CT molecular complexity index is 572. The van der Waals surface area contributed by atoms with Gasteiger partial charge in [-0.3, -0.25) is 0 Å². The van der Waals surface area contributed by atoms with E-state index >= 15 is 0 Å². The van der Waals surface area contributed by atoms with Gasteiger partial charge < -0.3 is 5.32 Å². The summed E-state index contributed by atoms with van der Waals surface area (Å²) in [6.45, 7) is 0.119. The lowest BCUT2D eigenvalue weighted by atomic mass is 10.2. The molecule has 0 fully saturated rings. The molecule has 0 bridgehead atoms. The van der Waals surface area contributed by atoms with Crippen LogP contribution in [0.5, 0.6) is 0 Å². The van der Waals surface area contributed by atoms with Crippen molar-refractivity contribution in [3.05, 3.63) is 63.9 Å². The summed E-state index contributed by atoms with van der Waals surface area (Å²) in [5, 5.41) is 2.72. The van der Waals surface area contributed by atoms with Gasteiger partial charge in [0.1, 0.15) is 17.5 Å². The fourth-order valence-electron chi connectivity index (χ4n) is 1.50. The van der Waals surface area contributed by atoms with E-state index in [1.807, 2.05) is 0 Å². The summed E-state index contributed by atoms with van der Waals surface area (Å²) in [6.07, 6.45) is 0. The highest BCUT2D eigenvalue weighted by atomic mass is 79.9. The highest BCUT2D eigenvalue weighted by Crippen LogP contribution is 2.19. The van der Waals surface area contributed by atoms with Gasteiger partial charge in [0.15, 0.2) is 0 Å². The number of hydrogen-bond donors (Lipinski definition) is 1. The van der Waals surface area contributed by atoms with Gasteiger partial charge in [-0.25, -0.2) is 13.2 Å². The Kier molecular flexibility index (Phi) is 3.91. The van der Waals surface area contributed by atoms with Gasteiger partial charge in [0.25, 0.3) is 0 Å². The predicted molar refractivity (Wildman–Crippen MR) is 67.8 cm³/mol. The van der Waals surface area contributed by atoms with E-state index in [1.165, 1.54) is 12.1 Å². The van der Waals surface area contributed by atoms with E-state index in [2.05, 4.69) is 21.2 Å². The van der Waals surface area contributed by atoms with Gasteiger partial charge in [0.05, 0.1) is 5.69 Å². The smallest absolute Gasteiger partial charge is 0.149 e. The first-order chi connectivity index (χ1) is 8.56. The second kappa shape index (κ2) is 5.44. The molecule has 2 aromatic rings. The van der Waals surface area contributed by atoms with Crippen molar-refractivity contribution >= 4 is 21.6 Å².